The van der Waals surface area contributed by atoms with E-state index in [4.69, 9.17) is 0 Å². The molecule has 0 saturated carbocycles. The van der Waals surface area contributed by atoms with Crippen LogP contribution >= 0.6 is 15.9 Å². The Morgan fingerprint density at radius 1 is 1.35 bits per heavy atom. The SMILES string of the molecule is CC(=O)NC1C(CBr)(C(=O)O)CN2C(=O)[C@@H](c3ccccc3)[C@H]2S1(=O)=O. The summed E-state index contributed by atoms with van der Waals surface area (Å²) in [5, 5.41) is 8.95. The van der Waals surface area contributed by atoms with Gasteiger partial charge in [-0.3, -0.25) is 14.4 Å². The number of β-lactam (4-membered cyclic amide) rings is 1. The van der Waals surface area contributed by atoms with Gasteiger partial charge in [0.2, 0.25) is 11.8 Å². The van der Waals surface area contributed by atoms with Crippen LogP contribution in [0.2, 0.25) is 0 Å². The maximum atomic E-state index is 13.2. The summed E-state index contributed by atoms with van der Waals surface area (Å²) in [5.74, 6) is -3.39. The average molecular weight is 445 g/mol. The average Bonchev–Trinajstić information content (AvgIpc) is 2.58. The van der Waals surface area contributed by atoms with Crippen molar-refractivity contribution in [1.82, 2.24) is 10.2 Å². The molecule has 2 amide bonds. The van der Waals surface area contributed by atoms with Crippen molar-refractivity contribution in [3.63, 3.8) is 0 Å². The van der Waals surface area contributed by atoms with Crippen LogP contribution in [-0.2, 0) is 24.2 Å². The summed E-state index contributed by atoms with van der Waals surface area (Å²) in [6.45, 7) is 0.827. The van der Waals surface area contributed by atoms with E-state index in [9.17, 15) is 27.9 Å². The number of nitrogens with zero attached hydrogens (tertiary/aromatic N) is 1. The van der Waals surface area contributed by atoms with Crippen LogP contribution in [0.15, 0.2) is 30.3 Å². The van der Waals surface area contributed by atoms with Crippen LogP contribution in [0.4, 0.5) is 0 Å². The van der Waals surface area contributed by atoms with Crippen molar-refractivity contribution in [2.45, 2.75) is 23.6 Å². The molecule has 0 spiro atoms. The van der Waals surface area contributed by atoms with E-state index in [2.05, 4.69) is 21.2 Å². The normalized spacial score (nSPS) is 32.3. The van der Waals surface area contributed by atoms with E-state index >= 15 is 0 Å². The molecule has 1 aromatic rings. The van der Waals surface area contributed by atoms with Gasteiger partial charge in [-0.25, -0.2) is 8.42 Å². The van der Waals surface area contributed by atoms with Crippen molar-refractivity contribution in [2.75, 3.05) is 11.9 Å². The largest absolute Gasteiger partial charge is 0.481 e. The van der Waals surface area contributed by atoms with Crippen molar-refractivity contribution in [2.24, 2.45) is 5.41 Å². The maximum absolute atomic E-state index is 13.2. The highest BCUT2D eigenvalue weighted by Crippen LogP contribution is 2.49. The number of aliphatic carboxylic acids is 1. The molecular formula is C16H17BrN2O6S. The number of alkyl halides is 1. The van der Waals surface area contributed by atoms with E-state index in [0.29, 0.717) is 5.56 Å². The second-order valence-electron chi connectivity index (χ2n) is 6.51. The van der Waals surface area contributed by atoms with Crippen LogP contribution in [0.1, 0.15) is 18.4 Å². The molecule has 140 valence electrons. The first-order valence-corrected chi connectivity index (χ1v) is 10.5. The summed E-state index contributed by atoms with van der Waals surface area (Å²) in [6.07, 6.45) is 0. The zero-order valence-corrected chi connectivity index (χ0v) is 16.2. The molecule has 0 aliphatic carbocycles. The fourth-order valence-electron chi connectivity index (χ4n) is 3.62. The Morgan fingerprint density at radius 3 is 2.46 bits per heavy atom. The lowest BCUT2D eigenvalue weighted by atomic mass is 9.83. The molecule has 0 aromatic heterocycles. The number of benzene rings is 1. The number of nitrogens with one attached hydrogen (secondary N) is 1. The van der Waals surface area contributed by atoms with E-state index in [1.54, 1.807) is 30.3 Å². The Hall–Kier alpha value is -1.94. The lowest BCUT2D eigenvalue weighted by Crippen LogP contribution is -2.76. The van der Waals surface area contributed by atoms with Gasteiger partial charge in [-0.2, -0.15) is 0 Å². The number of carboxylic acids is 1. The molecule has 1 aromatic carbocycles. The Morgan fingerprint density at radius 2 is 1.96 bits per heavy atom. The predicted molar refractivity (Wildman–Crippen MR) is 95.1 cm³/mol. The highest BCUT2D eigenvalue weighted by Gasteiger charge is 2.68. The maximum Gasteiger partial charge on any atom is 0.315 e. The second kappa shape index (κ2) is 6.34. The Balaban J connectivity index is 2.11. The number of fused-ring (bicyclic) bond motifs is 1. The van der Waals surface area contributed by atoms with Crippen LogP contribution in [0.3, 0.4) is 0 Å². The Labute approximate surface area is 158 Å². The van der Waals surface area contributed by atoms with E-state index in [0.717, 1.165) is 11.8 Å². The zero-order chi connectivity index (χ0) is 19.3. The summed E-state index contributed by atoms with van der Waals surface area (Å²) in [7, 11) is -4.19. The lowest BCUT2D eigenvalue weighted by Gasteiger charge is -2.56. The molecule has 3 rings (SSSR count). The van der Waals surface area contributed by atoms with Crippen LogP contribution in [0.25, 0.3) is 0 Å². The third-order valence-electron chi connectivity index (χ3n) is 4.92. The molecule has 8 nitrogen and oxygen atoms in total. The standard InChI is InChI=1S/C16H17BrN2O6S/c1-9(20)18-14-16(7-17,15(22)23)8-19-12(21)11(13(19)26(14,24)25)10-5-3-2-4-6-10/h2-6,11,13-14H,7-8H2,1H3,(H,18,20)(H,22,23)/t11-,13-,14?,16?/m1/s1. The molecule has 2 saturated heterocycles. The van der Waals surface area contributed by atoms with Gasteiger partial charge in [0.1, 0.15) is 5.41 Å². The van der Waals surface area contributed by atoms with Gasteiger partial charge in [0.25, 0.3) is 0 Å². The van der Waals surface area contributed by atoms with Gasteiger partial charge in [0.05, 0.1) is 5.92 Å². The number of rotatable bonds is 4. The van der Waals surface area contributed by atoms with Crippen molar-refractivity contribution < 1.29 is 27.9 Å². The number of sulfone groups is 1. The van der Waals surface area contributed by atoms with E-state index in [1.165, 1.54) is 0 Å². The molecule has 2 fully saturated rings. The van der Waals surface area contributed by atoms with Crippen LogP contribution < -0.4 is 5.32 Å². The molecule has 0 bridgehead atoms. The fourth-order valence-corrected chi connectivity index (χ4v) is 7.26. The number of carbonyl (C=O) groups excluding carboxylic acids is 2. The first-order valence-electron chi connectivity index (χ1n) is 7.81. The molecule has 2 N–H and O–H groups in total. The van der Waals surface area contributed by atoms with Crippen LogP contribution in [0.5, 0.6) is 0 Å². The summed E-state index contributed by atoms with van der Waals surface area (Å²) in [6, 6.07) is 8.47. The molecule has 2 aliphatic rings. The molecule has 10 heteroatoms. The van der Waals surface area contributed by atoms with Gasteiger partial charge in [0.15, 0.2) is 20.6 Å². The van der Waals surface area contributed by atoms with Crippen molar-refractivity contribution in [3.8, 4) is 0 Å². The number of hydrogen-bond donors (Lipinski definition) is 2. The Bertz CT molecular complexity index is 874. The summed E-state index contributed by atoms with van der Waals surface area (Å²) < 4.78 is 26.5. The highest BCUT2D eigenvalue weighted by atomic mass is 79.9. The molecule has 2 heterocycles. The Kier molecular flexibility index (Phi) is 4.60. The highest BCUT2D eigenvalue weighted by molar-refractivity contribution is 9.09. The zero-order valence-electron chi connectivity index (χ0n) is 13.8. The minimum Gasteiger partial charge on any atom is -0.481 e. The summed E-state index contributed by atoms with van der Waals surface area (Å²) in [5.41, 5.74) is -1.32. The number of halogens is 1. The topological polar surface area (TPSA) is 121 Å². The molecular weight excluding hydrogens is 428 g/mol. The van der Waals surface area contributed by atoms with E-state index in [-0.39, 0.29) is 11.9 Å². The number of carboxylic acid groups (broad SMARTS) is 1. The van der Waals surface area contributed by atoms with Gasteiger partial charge in [-0.15, -0.1) is 0 Å². The first kappa shape index (κ1) is 18.8. The van der Waals surface area contributed by atoms with E-state index < -0.39 is 49.7 Å². The third kappa shape index (κ3) is 2.54. The second-order valence-corrected chi connectivity index (χ2v) is 9.20. The molecule has 2 aliphatic heterocycles. The summed E-state index contributed by atoms with van der Waals surface area (Å²) in [4.78, 5) is 37.2. The first-order chi connectivity index (χ1) is 12.2. The predicted octanol–water partition coefficient (Wildman–Crippen LogP) is 0.295. The lowest BCUT2D eigenvalue weighted by molar-refractivity contribution is -0.158. The number of carbonyl (C=O) groups is 3. The number of amides is 2. The van der Waals surface area contributed by atoms with Crippen molar-refractivity contribution in [3.05, 3.63) is 35.9 Å². The van der Waals surface area contributed by atoms with Gasteiger partial charge < -0.3 is 15.3 Å². The number of hydrogen-bond acceptors (Lipinski definition) is 5. The molecule has 0 radical (unpaired) electrons. The van der Waals surface area contributed by atoms with Crippen molar-refractivity contribution >= 4 is 43.6 Å². The smallest absolute Gasteiger partial charge is 0.315 e. The van der Waals surface area contributed by atoms with Gasteiger partial charge >= 0.3 is 5.97 Å². The minimum atomic E-state index is -4.19. The third-order valence-corrected chi connectivity index (χ3v) is 8.34. The molecule has 26 heavy (non-hydrogen) atoms. The molecule has 2 unspecified atom stereocenters. The monoisotopic (exact) mass is 444 g/mol. The van der Waals surface area contributed by atoms with Crippen molar-refractivity contribution in [1.29, 1.82) is 0 Å². The minimum absolute atomic E-state index is 0.230. The summed E-state index contributed by atoms with van der Waals surface area (Å²) >= 11 is 3.07. The molecule has 4 atom stereocenters. The van der Waals surface area contributed by atoms with Gasteiger partial charge in [-0.05, 0) is 5.56 Å². The van der Waals surface area contributed by atoms with Crippen LogP contribution in [-0.4, -0.2) is 58.8 Å². The van der Waals surface area contributed by atoms with Crippen LogP contribution in [0, 0.1) is 5.41 Å². The van der Waals surface area contributed by atoms with Gasteiger partial charge in [0, 0.05) is 18.8 Å². The van der Waals surface area contributed by atoms with Gasteiger partial charge in [-0.1, -0.05) is 46.3 Å². The van der Waals surface area contributed by atoms with E-state index in [1.807, 2.05) is 0 Å². The fraction of sp³-hybridized carbons (Fsp3) is 0.438. The quantitative estimate of drug-likeness (QED) is 0.508.